The lowest BCUT2D eigenvalue weighted by atomic mass is 9.86. The summed E-state index contributed by atoms with van der Waals surface area (Å²) < 4.78 is 71.6. The van der Waals surface area contributed by atoms with Crippen LogP contribution in [0.4, 0.5) is 13.2 Å². The van der Waals surface area contributed by atoms with E-state index in [0.29, 0.717) is 45.1 Å². The van der Waals surface area contributed by atoms with Crippen LogP contribution in [0.3, 0.4) is 0 Å². The van der Waals surface area contributed by atoms with Crippen LogP contribution in [0.1, 0.15) is 40.3 Å². The molecule has 1 amide bonds. The van der Waals surface area contributed by atoms with Gasteiger partial charge in [-0.15, -0.1) is 0 Å². The maximum atomic E-state index is 14.2. The molecule has 34 heavy (non-hydrogen) atoms. The maximum absolute atomic E-state index is 14.2. The van der Waals surface area contributed by atoms with Gasteiger partial charge in [0.25, 0.3) is 5.91 Å². The van der Waals surface area contributed by atoms with E-state index >= 15 is 0 Å². The number of halogens is 3. The van der Waals surface area contributed by atoms with Crippen LogP contribution >= 0.6 is 0 Å². The number of alkyl halides is 3. The van der Waals surface area contributed by atoms with Crippen molar-refractivity contribution >= 4 is 5.91 Å². The van der Waals surface area contributed by atoms with Gasteiger partial charge in [0.15, 0.2) is 0 Å². The number of hydrogen-bond donors (Lipinski definition) is 1. The molecule has 0 unspecified atom stereocenters. The quantitative estimate of drug-likeness (QED) is 0.695. The van der Waals surface area contributed by atoms with Gasteiger partial charge in [0.05, 0.1) is 63.5 Å². The van der Waals surface area contributed by atoms with Gasteiger partial charge >= 0.3 is 6.18 Å². The SMILES string of the molecule is C[C@@H]1Cc2oc(C(=O)NC[C@@H]3COCCO3)c(C(F)(F)F)c2-c2nn(C[C@H]3COCCO3)cc21. The number of furan rings is 1. The predicted octanol–water partition coefficient (Wildman–Crippen LogP) is 2.38. The number of carbonyl (C=O) groups is 1. The topological polar surface area (TPSA) is 97.0 Å². The summed E-state index contributed by atoms with van der Waals surface area (Å²) in [5.74, 6) is -1.72. The molecule has 0 spiro atoms. The first-order chi connectivity index (χ1) is 16.3. The molecule has 0 aromatic carbocycles. The van der Waals surface area contributed by atoms with E-state index in [1.807, 2.05) is 6.92 Å². The molecule has 4 heterocycles. The fraction of sp³-hybridized carbons (Fsp3) is 0.636. The van der Waals surface area contributed by atoms with Crippen LogP contribution in [0, 0.1) is 0 Å². The van der Waals surface area contributed by atoms with Crippen molar-refractivity contribution in [3.63, 3.8) is 0 Å². The van der Waals surface area contributed by atoms with E-state index in [4.69, 9.17) is 23.4 Å². The second-order valence-corrected chi connectivity index (χ2v) is 8.71. The number of nitrogens with zero attached hydrogens (tertiary/aromatic N) is 2. The predicted molar refractivity (Wildman–Crippen MR) is 111 cm³/mol. The van der Waals surface area contributed by atoms with Crippen molar-refractivity contribution in [2.45, 2.75) is 44.2 Å². The fourth-order valence-electron chi connectivity index (χ4n) is 4.57. The molecule has 2 aliphatic heterocycles. The molecule has 2 aromatic heterocycles. The highest BCUT2D eigenvalue weighted by atomic mass is 19.4. The average molecular weight is 485 g/mol. The van der Waals surface area contributed by atoms with Crippen molar-refractivity contribution in [3.05, 3.63) is 28.8 Å². The van der Waals surface area contributed by atoms with Crippen molar-refractivity contribution in [2.24, 2.45) is 0 Å². The van der Waals surface area contributed by atoms with E-state index in [9.17, 15) is 18.0 Å². The van der Waals surface area contributed by atoms with Crippen molar-refractivity contribution in [1.82, 2.24) is 15.1 Å². The van der Waals surface area contributed by atoms with E-state index in [1.54, 1.807) is 10.9 Å². The molecule has 3 aliphatic rings. The first kappa shape index (κ1) is 23.3. The highest BCUT2D eigenvalue weighted by Crippen LogP contribution is 2.48. The molecule has 12 heteroatoms. The number of carbonyl (C=O) groups excluding carboxylic acids is 1. The first-order valence-corrected chi connectivity index (χ1v) is 11.3. The Balaban J connectivity index is 1.45. The Labute approximate surface area is 193 Å². The minimum absolute atomic E-state index is 0.0151. The monoisotopic (exact) mass is 485 g/mol. The molecule has 1 aliphatic carbocycles. The normalized spacial score (nSPS) is 25.0. The standard InChI is InChI=1S/C22H26F3N3O6/c1-12-6-16-17(19-15(12)9-28(27-19)8-14-11-31-3-5-33-14)18(22(23,24)25)20(34-16)21(29)26-7-13-10-30-2-4-32-13/h9,12-14H,2-8,10-11H2,1H3,(H,26,29)/t12-,13-,14+/m1/s1. The second-order valence-electron chi connectivity index (χ2n) is 8.71. The fourth-order valence-corrected chi connectivity index (χ4v) is 4.57. The summed E-state index contributed by atoms with van der Waals surface area (Å²) in [6.07, 6.45) is -3.49. The Morgan fingerprint density at radius 1 is 1.15 bits per heavy atom. The molecular weight excluding hydrogens is 459 g/mol. The van der Waals surface area contributed by atoms with Gasteiger partial charge in [0.1, 0.15) is 17.4 Å². The third kappa shape index (κ3) is 4.59. The molecule has 9 nitrogen and oxygen atoms in total. The molecule has 3 atom stereocenters. The summed E-state index contributed by atoms with van der Waals surface area (Å²) in [5, 5.41) is 6.95. The van der Waals surface area contributed by atoms with Crippen molar-refractivity contribution < 1.29 is 41.3 Å². The minimum Gasteiger partial charge on any atom is -0.455 e. The third-order valence-electron chi connectivity index (χ3n) is 6.17. The van der Waals surface area contributed by atoms with E-state index in [-0.39, 0.29) is 48.6 Å². The molecule has 0 radical (unpaired) electrons. The summed E-state index contributed by atoms with van der Waals surface area (Å²) in [7, 11) is 0. The summed E-state index contributed by atoms with van der Waals surface area (Å²) in [6, 6.07) is 0. The lowest BCUT2D eigenvalue weighted by Gasteiger charge is -2.23. The molecule has 186 valence electrons. The first-order valence-electron chi connectivity index (χ1n) is 11.3. The third-order valence-corrected chi connectivity index (χ3v) is 6.17. The van der Waals surface area contributed by atoms with Gasteiger partial charge in [-0.1, -0.05) is 6.92 Å². The molecule has 5 rings (SSSR count). The molecule has 1 N–H and O–H groups in total. The van der Waals surface area contributed by atoms with Crippen LogP contribution in [0.5, 0.6) is 0 Å². The molecule has 2 aromatic rings. The Morgan fingerprint density at radius 2 is 1.85 bits per heavy atom. The van der Waals surface area contributed by atoms with Gasteiger partial charge in [-0.3, -0.25) is 9.48 Å². The Bertz CT molecular complexity index is 1040. The van der Waals surface area contributed by atoms with Crippen LogP contribution in [0.25, 0.3) is 11.3 Å². The molecule has 2 fully saturated rings. The smallest absolute Gasteiger partial charge is 0.420 e. The van der Waals surface area contributed by atoms with Crippen LogP contribution in [0.15, 0.2) is 10.6 Å². The van der Waals surface area contributed by atoms with Crippen LogP contribution < -0.4 is 5.32 Å². The van der Waals surface area contributed by atoms with Crippen LogP contribution in [-0.4, -0.2) is 74.1 Å². The summed E-state index contributed by atoms with van der Waals surface area (Å²) in [6.45, 7) is 4.70. The number of aromatic nitrogens is 2. The maximum Gasteiger partial charge on any atom is 0.420 e. The van der Waals surface area contributed by atoms with E-state index in [0.717, 1.165) is 0 Å². The number of rotatable bonds is 5. The highest BCUT2D eigenvalue weighted by molar-refractivity contribution is 5.96. The van der Waals surface area contributed by atoms with Crippen LogP contribution in [-0.2, 0) is 38.1 Å². The van der Waals surface area contributed by atoms with Crippen molar-refractivity contribution in [2.75, 3.05) is 46.2 Å². The number of amides is 1. The van der Waals surface area contributed by atoms with E-state index < -0.39 is 29.5 Å². The van der Waals surface area contributed by atoms with Gasteiger partial charge in [-0.05, 0) is 5.92 Å². The molecule has 0 bridgehead atoms. The molecule has 0 saturated carbocycles. The summed E-state index contributed by atoms with van der Waals surface area (Å²) >= 11 is 0. The Morgan fingerprint density at radius 3 is 2.50 bits per heavy atom. The van der Waals surface area contributed by atoms with Crippen molar-refractivity contribution in [3.8, 4) is 11.3 Å². The number of fused-ring (bicyclic) bond motifs is 3. The zero-order chi connectivity index (χ0) is 23.9. The summed E-state index contributed by atoms with van der Waals surface area (Å²) in [4.78, 5) is 12.8. The second kappa shape index (κ2) is 9.33. The van der Waals surface area contributed by atoms with E-state index in [2.05, 4.69) is 10.4 Å². The van der Waals surface area contributed by atoms with E-state index in [1.165, 1.54) is 0 Å². The number of ether oxygens (including phenoxy) is 4. The van der Waals surface area contributed by atoms with Gasteiger partial charge in [0.2, 0.25) is 5.76 Å². The Hall–Kier alpha value is -2.41. The average Bonchev–Trinajstić information content (AvgIpc) is 3.41. The highest BCUT2D eigenvalue weighted by Gasteiger charge is 2.46. The zero-order valence-electron chi connectivity index (χ0n) is 18.7. The lowest BCUT2D eigenvalue weighted by Crippen LogP contribution is -2.40. The van der Waals surface area contributed by atoms with Gasteiger partial charge in [-0.25, -0.2) is 0 Å². The zero-order valence-corrected chi connectivity index (χ0v) is 18.7. The largest absolute Gasteiger partial charge is 0.455 e. The number of hydrogen-bond acceptors (Lipinski definition) is 7. The minimum atomic E-state index is -4.81. The van der Waals surface area contributed by atoms with Crippen LogP contribution in [0.2, 0.25) is 0 Å². The Kier molecular flexibility index (Phi) is 6.40. The van der Waals surface area contributed by atoms with Gasteiger partial charge < -0.3 is 28.7 Å². The summed E-state index contributed by atoms with van der Waals surface area (Å²) in [5.41, 5.74) is -0.404. The van der Waals surface area contributed by atoms with Crippen molar-refractivity contribution in [1.29, 1.82) is 0 Å². The number of nitrogens with one attached hydrogen (secondary N) is 1. The lowest BCUT2D eigenvalue weighted by molar-refractivity contribution is -0.137. The molecular formula is C22H26F3N3O6. The molecule has 2 saturated heterocycles. The van der Waals surface area contributed by atoms with Gasteiger partial charge in [0, 0.05) is 24.7 Å². The van der Waals surface area contributed by atoms with Gasteiger partial charge in [-0.2, -0.15) is 18.3 Å².